The van der Waals surface area contributed by atoms with Crippen LogP contribution in [0.3, 0.4) is 0 Å². The Hall–Kier alpha value is -1.61. The average molecular weight is 379 g/mol. The second kappa shape index (κ2) is 8.30. The average Bonchev–Trinajstić information content (AvgIpc) is 2.57. The summed E-state index contributed by atoms with van der Waals surface area (Å²) in [6.07, 6.45) is 5.58. The molecule has 1 aliphatic rings. The molecule has 0 saturated heterocycles. The Balaban J connectivity index is 2.05. The van der Waals surface area contributed by atoms with Gasteiger partial charge in [-0.2, -0.15) is 5.26 Å². The van der Waals surface area contributed by atoms with E-state index in [2.05, 4.69) is 38.9 Å². The number of aromatic nitrogens is 1. The molecular weight excluding hydrogens is 356 g/mol. The summed E-state index contributed by atoms with van der Waals surface area (Å²) in [6.45, 7) is 4.92. The zero-order valence-corrected chi connectivity index (χ0v) is 15.5. The van der Waals surface area contributed by atoms with E-state index in [1.165, 1.54) is 0 Å². The van der Waals surface area contributed by atoms with Gasteiger partial charge in [-0.15, -0.1) is 0 Å². The van der Waals surface area contributed by atoms with Crippen LogP contribution in [-0.2, 0) is 0 Å². The normalized spacial score (nSPS) is 21.2. The molecule has 0 radical (unpaired) electrons. The highest BCUT2D eigenvalue weighted by atomic mass is 79.9. The number of aliphatic imine (C=N–C) groups is 1. The Kier molecular flexibility index (Phi) is 6.40. The second-order valence-corrected chi connectivity index (χ2v) is 6.77. The SMILES string of the molecule is CCN(C)/C=N/c1cc(Br)c(OC2CCC(C#N)CC2)nc1C. The van der Waals surface area contributed by atoms with Crippen LogP contribution in [0.1, 0.15) is 38.3 Å². The van der Waals surface area contributed by atoms with E-state index in [9.17, 15) is 0 Å². The Bertz CT molecular complexity index is 603. The Morgan fingerprint density at radius 1 is 1.48 bits per heavy atom. The molecule has 6 heteroatoms. The predicted octanol–water partition coefficient (Wildman–Crippen LogP) is 4.23. The first-order valence-corrected chi connectivity index (χ1v) is 8.80. The third-order valence-electron chi connectivity index (χ3n) is 4.14. The van der Waals surface area contributed by atoms with E-state index in [0.29, 0.717) is 5.88 Å². The Morgan fingerprint density at radius 2 is 2.17 bits per heavy atom. The smallest absolute Gasteiger partial charge is 0.228 e. The van der Waals surface area contributed by atoms with Crippen molar-refractivity contribution in [3.05, 3.63) is 16.2 Å². The fourth-order valence-electron chi connectivity index (χ4n) is 2.47. The van der Waals surface area contributed by atoms with Gasteiger partial charge in [0, 0.05) is 19.5 Å². The van der Waals surface area contributed by atoms with E-state index >= 15 is 0 Å². The third-order valence-corrected chi connectivity index (χ3v) is 4.70. The van der Waals surface area contributed by atoms with Gasteiger partial charge in [0.15, 0.2) is 0 Å². The summed E-state index contributed by atoms with van der Waals surface area (Å²) in [7, 11) is 1.98. The lowest BCUT2D eigenvalue weighted by Crippen LogP contribution is -2.24. The van der Waals surface area contributed by atoms with Crippen molar-refractivity contribution in [3.63, 3.8) is 0 Å². The minimum atomic E-state index is 0.142. The molecule has 0 spiro atoms. The molecule has 1 fully saturated rings. The molecule has 23 heavy (non-hydrogen) atoms. The molecule has 1 aromatic heterocycles. The van der Waals surface area contributed by atoms with Crippen LogP contribution in [-0.4, -0.2) is 35.9 Å². The minimum absolute atomic E-state index is 0.142. The first-order valence-electron chi connectivity index (χ1n) is 8.01. The molecule has 1 aliphatic carbocycles. The first-order chi connectivity index (χ1) is 11.0. The first kappa shape index (κ1) is 17.7. The molecular formula is C17H23BrN4O. The van der Waals surface area contributed by atoms with Crippen LogP contribution in [0.5, 0.6) is 5.88 Å². The van der Waals surface area contributed by atoms with Crippen LogP contribution in [0.2, 0.25) is 0 Å². The van der Waals surface area contributed by atoms with Crippen molar-refractivity contribution in [1.82, 2.24) is 9.88 Å². The van der Waals surface area contributed by atoms with Gasteiger partial charge in [-0.1, -0.05) is 0 Å². The van der Waals surface area contributed by atoms with Gasteiger partial charge in [0.05, 0.1) is 28.3 Å². The van der Waals surface area contributed by atoms with E-state index in [1.807, 2.05) is 24.9 Å². The van der Waals surface area contributed by atoms with Gasteiger partial charge in [0.1, 0.15) is 6.10 Å². The van der Waals surface area contributed by atoms with Crippen LogP contribution in [0, 0.1) is 24.2 Å². The molecule has 1 aromatic rings. The van der Waals surface area contributed by atoms with Crippen molar-refractivity contribution in [2.45, 2.75) is 45.6 Å². The summed E-state index contributed by atoms with van der Waals surface area (Å²) in [5.41, 5.74) is 1.67. The maximum absolute atomic E-state index is 8.96. The van der Waals surface area contributed by atoms with E-state index in [4.69, 9.17) is 10.00 Å². The molecule has 1 heterocycles. The highest BCUT2D eigenvalue weighted by Crippen LogP contribution is 2.33. The third kappa shape index (κ3) is 4.93. The van der Waals surface area contributed by atoms with Crippen molar-refractivity contribution in [2.75, 3.05) is 13.6 Å². The molecule has 2 rings (SSSR count). The van der Waals surface area contributed by atoms with Gasteiger partial charge in [0.2, 0.25) is 5.88 Å². The number of rotatable bonds is 5. The van der Waals surface area contributed by atoms with Crippen molar-refractivity contribution in [1.29, 1.82) is 5.26 Å². The maximum atomic E-state index is 8.96. The summed E-state index contributed by atoms with van der Waals surface area (Å²) in [6, 6.07) is 4.29. The number of pyridine rings is 1. The van der Waals surface area contributed by atoms with Crippen LogP contribution in [0.25, 0.3) is 0 Å². The van der Waals surface area contributed by atoms with E-state index < -0.39 is 0 Å². The molecule has 1 saturated carbocycles. The largest absolute Gasteiger partial charge is 0.474 e. The number of hydrogen-bond donors (Lipinski definition) is 0. The predicted molar refractivity (Wildman–Crippen MR) is 95.1 cm³/mol. The van der Waals surface area contributed by atoms with Crippen molar-refractivity contribution < 1.29 is 4.74 Å². The van der Waals surface area contributed by atoms with Crippen LogP contribution in [0.15, 0.2) is 15.5 Å². The molecule has 124 valence electrons. The summed E-state index contributed by atoms with van der Waals surface area (Å²) in [4.78, 5) is 11.0. The molecule has 0 aliphatic heterocycles. The lowest BCUT2D eigenvalue weighted by Gasteiger charge is -2.25. The molecule has 0 unspecified atom stereocenters. The van der Waals surface area contributed by atoms with Crippen molar-refractivity contribution >= 4 is 28.0 Å². The summed E-state index contributed by atoms with van der Waals surface area (Å²) < 4.78 is 6.85. The number of hydrogen-bond acceptors (Lipinski definition) is 4. The molecule has 0 N–H and O–H groups in total. The highest BCUT2D eigenvalue weighted by Gasteiger charge is 2.23. The lowest BCUT2D eigenvalue weighted by molar-refractivity contribution is 0.136. The van der Waals surface area contributed by atoms with Gasteiger partial charge in [-0.25, -0.2) is 9.98 Å². The molecule has 0 amide bonds. The summed E-state index contributed by atoms with van der Waals surface area (Å²) in [5.74, 6) is 0.797. The highest BCUT2D eigenvalue weighted by molar-refractivity contribution is 9.10. The van der Waals surface area contributed by atoms with Gasteiger partial charge < -0.3 is 9.64 Å². The Morgan fingerprint density at radius 3 is 2.78 bits per heavy atom. The summed E-state index contributed by atoms with van der Waals surface area (Å²) in [5, 5.41) is 8.96. The monoisotopic (exact) mass is 378 g/mol. The van der Waals surface area contributed by atoms with E-state index in [0.717, 1.165) is 48.1 Å². The summed E-state index contributed by atoms with van der Waals surface area (Å²) >= 11 is 3.53. The molecule has 0 aromatic carbocycles. The maximum Gasteiger partial charge on any atom is 0.228 e. The lowest BCUT2D eigenvalue weighted by atomic mass is 9.88. The van der Waals surface area contributed by atoms with Crippen molar-refractivity contribution in [3.8, 4) is 11.9 Å². The number of aryl methyl sites for hydroxylation is 1. The second-order valence-electron chi connectivity index (χ2n) is 5.92. The van der Waals surface area contributed by atoms with Crippen LogP contribution < -0.4 is 4.74 Å². The van der Waals surface area contributed by atoms with Gasteiger partial charge in [0.25, 0.3) is 0 Å². The fraction of sp³-hybridized carbons (Fsp3) is 0.588. The fourth-order valence-corrected chi connectivity index (χ4v) is 2.87. The zero-order valence-electron chi connectivity index (χ0n) is 13.9. The van der Waals surface area contributed by atoms with E-state index in [-0.39, 0.29) is 12.0 Å². The van der Waals surface area contributed by atoms with E-state index in [1.54, 1.807) is 6.34 Å². The van der Waals surface area contributed by atoms with Crippen LogP contribution >= 0.6 is 15.9 Å². The van der Waals surface area contributed by atoms with Gasteiger partial charge in [-0.3, -0.25) is 0 Å². The molecule has 0 bridgehead atoms. The minimum Gasteiger partial charge on any atom is -0.474 e. The molecule has 5 nitrogen and oxygen atoms in total. The van der Waals surface area contributed by atoms with Crippen LogP contribution in [0.4, 0.5) is 5.69 Å². The topological polar surface area (TPSA) is 61.5 Å². The number of halogens is 1. The van der Waals surface area contributed by atoms with Gasteiger partial charge >= 0.3 is 0 Å². The molecule has 0 atom stereocenters. The number of nitriles is 1. The quantitative estimate of drug-likeness (QED) is 0.568. The Labute approximate surface area is 146 Å². The number of ether oxygens (including phenoxy) is 1. The standard InChI is InChI=1S/C17H23BrN4O/c1-4-22(3)11-20-16-9-15(18)17(21-12(16)2)23-14-7-5-13(10-19)6-8-14/h9,11,13-14H,4-8H2,1-3H3/b20-11+. The zero-order chi connectivity index (χ0) is 16.8. The van der Waals surface area contributed by atoms with Gasteiger partial charge in [-0.05, 0) is 61.5 Å². The van der Waals surface area contributed by atoms with Crippen molar-refractivity contribution in [2.24, 2.45) is 10.9 Å². The number of nitrogens with zero attached hydrogens (tertiary/aromatic N) is 4.